The van der Waals surface area contributed by atoms with Gasteiger partial charge < -0.3 is 18.9 Å². The van der Waals surface area contributed by atoms with Gasteiger partial charge in [0.1, 0.15) is 0 Å². The van der Waals surface area contributed by atoms with Gasteiger partial charge >= 0.3 is 0 Å². The summed E-state index contributed by atoms with van der Waals surface area (Å²) in [7, 11) is 0. The van der Waals surface area contributed by atoms with Crippen molar-refractivity contribution in [2.45, 2.75) is 52.4 Å². The van der Waals surface area contributed by atoms with E-state index >= 15 is 0 Å². The van der Waals surface area contributed by atoms with Gasteiger partial charge in [-0.25, -0.2) is 0 Å². The van der Waals surface area contributed by atoms with Crippen molar-refractivity contribution in [1.29, 1.82) is 0 Å². The van der Waals surface area contributed by atoms with E-state index in [1.807, 2.05) is 0 Å². The number of benzene rings is 16. The predicted octanol–water partition coefficient (Wildman–Crippen LogP) is 26.2. The van der Waals surface area contributed by atoms with Crippen LogP contribution in [0.15, 0.2) is 370 Å². The Labute approximate surface area is 638 Å². The second kappa shape index (κ2) is 25.8. The van der Waals surface area contributed by atoms with Gasteiger partial charge in [0, 0.05) is 77.9 Å². The molecule has 2 aromatic heterocycles. The molecule has 0 amide bonds. The second-order valence-corrected chi connectivity index (χ2v) is 31.6. The average molecular weight is 1400 g/mol. The van der Waals surface area contributed by atoms with Gasteiger partial charge in [-0.05, 0) is 179 Å². The predicted molar refractivity (Wildman–Crippen MR) is 465 cm³/mol. The zero-order valence-corrected chi connectivity index (χ0v) is 62.1. The number of para-hydroxylation sites is 4. The molecule has 0 saturated heterocycles. The summed E-state index contributed by atoms with van der Waals surface area (Å²) < 4.78 is 5.00. The number of rotatable bonds is 11. The molecular formula is C104H79BN4. The summed E-state index contributed by atoms with van der Waals surface area (Å²) in [4.78, 5) is 5.42. The van der Waals surface area contributed by atoms with Crippen molar-refractivity contribution in [3.8, 4) is 89.3 Å². The standard InChI is InChI=1S/C104H79BN4/c1-103(2,3)78-52-48-69(49-53-78)75-60-86(71-32-14-8-15-33-71)101(87(61-75)72-34-16-9-17-35-72)108-96-66-80(106-92-44-26-22-40-82(92)83-41-23-27-45-93(83)106)56-58-90(96)105-91-59-57-81(107-94-46-28-24-42-84(94)85-43-25-29-47-95(85)107)67-97(91)109(99-65-77(64-98(108)100(99)105)68-30-12-7-13-31-68)102-88(73-36-18-10-19-37-73)62-76(63-89(102)74-38-20-11-21-39-74)70-50-54-79(55-51-70)104(4,5)6/h7-67H,1-6H3. The highest BCUT2D eigenvalue weighted by Crippen LogP contribution is 2.56. The molecule has 16 aromatic carbocycles. The van der Waals surface area contributed by atoms with Crippen LogP contribution in [0.5, 0.6) is 0 Å². The molecule has 4 heterocycles. The van der Waals surface area contributed by atoms with Gasteiger partial charge in [0.05, 0.1) is 33.4 Å². The zero-order valence-electron chi connectivity index (χ0n) is 62.1. The zero-order chi connectivity index (χ0) is 73.2. The lowest BCUT2D eigenvalue weighted by molar-refractivity contribution is 0.590. The highest BCUT2D eigenvalue weighted by atomic mass is 15.2. The monoisotopic (exact) mass is 1390 g/mol. The van der Waals surface area contributed by atoms with E-state index in [0.717, 1.165) is 145 Å². The van der Waals surface area contributed by atoms with Crippen molar-refractivity contribution in [1.82, 2.24) is 9.13 Å². The molecule has 0 unspecified atom stereocenters. The smallest absolute Gasteiger partial charge is 0.252 e. The summed E-state index contributed by atoms with van der Waals surface area (Å²) in [5.74, 6) is 0. The quantitative estimate of drug-likeness (QED) is 0.120. The fraction of sp³-hybridized carbons (Fsp3) is 0.0769. The SMILES string of the molecule is CC(C)(C)c1ccc(-c2cc(-c3ccccc3)c(N3c4cc(-n5c6ccccc6c6ccccc65)ccc4B4c5ccc(-n6c7ccccc7c7ccccc76)cc5N(c5c(-c6ccccc6)cc(-c6ccc(C(C)(C)C)cc6)cc5-c5ccccc5)c5cc(-c6ccccc6)cc3c54)c(-c3ccccc3)c2)cc1. The summed E-state index contributed by atoms with van der Waals surface area (Å²) in [5.41, 5.74) is 35.4. The fourth-order valence-electron chi connectivity index (χ4n) is 17.7. The van der Waals surface area contributed by atoms with Gasteiger partial charge in [0.25, 0.3) is 6.71 Å². The highest BCUT2D eigenvalue weighted by molar-refractivity contribution is 7.00. The molecule has 0 radical (unpaired) electrons. The van der Waals surface area contributed by atoms with Crippen LogP contribution in [0.1, 0.15) is 52.7 Å². The van der Waals surface area contributed by atoms with E-state index in [4.69, 9.17) is 0 Å². The highest BCUT2D eigenvalue weighted by Gasteiger charge is 2.46. The van der Waals surface area contributed by atoms with Gasteiger partial charge in [-0.1, -0.05) is 327 Å². The summed E-state index contributed by atoms with van der Waals surface area (Å²) in [6, 6.07) is 140. The molecular weight excluding hydrogens is 1320 g/mol. The largest absolute Gasteiger partial charge is 0.310 e. The lowest BCUT2D eigenvalue weighted by Crippen LogP contribution is -2.61. The minimum atomic E-state index is -0.284. The minimum absolute atomic E-state index is 0.0167. The summed E-state index contributed by atoms with van der Waals surface area (Å²) >= 11 is 0. The van der Waals surface area contributed by atoms with E-state index in [1.54, 1.807) is 0 Å². The van der Waals surface area contributed by atoms with Crippen molar-refractivity contribution >= 4 is 101 Å². The van der Waals surface area contributed by atoms with Crippen LogP contribution in [0.25, 0.3) is 133 Å². The van der Waals surface area contributed by atoms with E-state index in [0.29, 0.717) is 0 Å². The molecule has 0 N–H and O–H groups in total. The van der Waals surface area contributed by atoms with Gasteiger partial charge in [0.2, 0.25) is 0 Å². The molecule has 109 heavy (non-hydrogen) atoms. The van der Waals surface area contributed by atoms with E-state index in [-0.39, 0.29) is 17.5 Å². The van der Waals surface area contributed by atoms with Gasteiger partial charge in [-0.2, -0.15) is 0 Å². The van der Waals surface area contributed by atoms with Crippen LogP contribution in [-0.4, -0.2) is 15.8 Å². The van der Waals surface area contributed by atoms with Crippen molar-refractivity contribution in [2.24, 2.45) is 0 Å². The van der Waals surface area contributed by atoms with Gasteiger partial charge in [-0.15, -0.1) is 0 Å². The van der Waals surface area contributed by atoms with E-state index in [9.17, 15) is 0 Å². The van der Waals surface area contributed by atoms with Crippen LogP contribution in [-0.2, 0) is 10.8 Å². The molecule has 0 bridgehead atoms. The average Bonchev–Trinajstić information content (AvgIpc) is 1.01. The van der Waals surface area contributed by atoms with Crippen LogP contribution in [0.4, 0.5) is 34.1 Å². The maximum absolute atomic E-state index is 2.71. The van der Waals surface area contributed by atoms with Crippen molar-refractivity contribution in [2.75, 3.05) is 9.80 Å². The van der Waals surface area contributed by atoms with Crippen molar-refractivity contribution in [3.63, 3.8) is 0 Å². The Bertz CT molecular complexity index is 5980. The number of aromatic nitrogens is 2. The number of hydrogen-bond acceptors (Lipinski definition) is 2. The Hall–Kier alpha value is -13.2. The molecule has 5 heteroatoms. The van der Waals surface area contributed by atoms with Crippen LogP contribution in [0.2, 0.25) is 0 Å². The third kappa shape index (κ3) is 11.0. The number of anilines is 6. The van der Waals surface area contributed by atoms with Crippen molar-refractivity contribution < 1.29 is 0 Å². The maximum Gasteiger partial charge on any atom is 0.252 e. The van der Waals surface area contributed by atoms with Crippen molar-refractivity contribution in [3.05, 3.63) is 381 Å². The van der Waals surface area contributed by atoms with Gasteiger partial charge in [-0.3, -0.25) is 0 Å². The van der Waals surface area contributed by atoms with Crippen LogP contribution in [0.3, 0.4) is 0 Å². The van der Waals surface area contributed by atoms with Crippen LogP contribution >= 0.6 is 0 Å². The third-order valence-electron chi connectivity index (χ3n) is 23.0. The Morgan fingerprint density at radius 3 is 0.789 bits per heavy atom. The Morgan fingerprint density at radius 1 is 0.220 bits per heavy atom. The Morgan fingerprint density at radius 2 is 0.486 bits per heavy atom. The Kier molecular flexibility index (Phi) is 15.5. The maximum atomic E-state index is 2.71. The summed E-state index contributed by atoms with van der Waals surface area (Å²) in [6.45, 7) is 13.5. The first kappa shape index (κ1) is 65.3. The molecule has 0 atom stereocenters. The first-order valence-electron chi connectivity index (χ1n) is 38.2. The topological polar surface area (TPSA) is 16.3 Å². The molecule has 0 saturated carbocycles. The first-order valence-corrected chi connectivity index (χ1v) is 38.2. The molecule has 2 aliphatic rings. The normalized spacial score (nSPS) is 12.6. The van der Waals surface area contributed by atoms with E-state index in [1.165, 1.54) is 49.1 Å². The van der Waals surface area contributed by atoms with E-state index in [2.05, 4.69) is 431 Å². The number of hydrogen-bond donors (Lipinski definition) is 0. The molecule has 20 rings (SSSR count). The summed E-state index contributed by atoms with van der Waals surface area (Å²) in [5, 5.41) is 4.87. The molecule has 0 fully saturated rings. The molecule has 18 aromatic rings. The summed E-state index contributed by atoms with van der Waals surface area (Å²) in [6.07, 6.45) is 0. The fourth-order valence-corrected chi connectivity index (χ4v) is 17.7. The van der Waals surface area contributed by atoms with Crippen LogP contribution in [0, 0.1) is 0 Å². The van der Waals surface area contributed by atoms with Gasteiger partial charge in [0.15, 0.2) is 0 Å². The lowest BCUT2D eigenvalue weighted by atomic mass is 9.33. The molecule has 518 valence electrons. The molecule has 2 aliphatic heterocycles. The minimum Gasteiger partial charge on any atom is -0.310 e. The lowest BCUT2D eigenvalue weighted by Gasteiger charge is -2.46. The first-order chi connectivity index (χ1) is 53.4. The molecule has 0 aliphatic carbocycles. The Balaban J connectivity index is 0.964. The second-order valence-electron chi connectivity index (χ2n) is 31.6. The molecule has 4 nitrogen and oxygen atoms in total. The van der Waals surface area contributed by atoms with Crippen LogP contribution < -0.4 is 26.2 Å². The number of fused-ring (bicyclic) bond motifs is 10. The number of nitrogens with zero attached hydrogens (tertiary/aromatic N) is 4. The molecule has 0 spiro atoms. The third-order valence-corrected chi connectivity index (χ3v) is 23.0. The van der Waals surface area contributed by atoms with E-state index < -0.39 is 0 Å².